The highest BCUT2D eigenvalue weighted by Gasteiger charge is 2.33. The molecule has 0 spiro atoms. The minimum absolute atomic E-state index is 0.00313. The van der Waals surface area contributed by atoms with Gasteiger partial charge in [0, 0.05) is 6.07 Å². The van der Waals surface area contributed by atoms with Crippen molar-refractivity contribution in [3.05, 3.63) is 63.8 Å². The van der Waals surface area contributed by atoms with Gasteiger partial charge in [0.2, 0.25) is 0 Å². The number of thioether (sulfide) groups is 1. The molecule has 0 amide bonds. The smallest absolute Gasteiger partial charge is 0.344 e. The van der Waals surface area contributed by atoms with Gasteiger partial charge in [-0.2, -0.15) is 0 Å². The minimum atomic E-state index is -0.656. The molecule has 0 atom stereocenters. The lowest BCUT2D eigenvalue weighted by molar-refractivity contribution is -0.138. The normalized spacial score (nSPS) is 16.1. The predicted molar refractivity (Wildman–Crippen MR) is 121 cm³/mol. The Bertz CT molecular complexity index is 1100. The van der Waals surface area contributed by atoms with Crippen molar-refractivity contribution in [2.45, 2.75) is 13.8 Å². The Kier molecular flexibility index (Phi) is 6.91. The summed E-state index contributed by atoms with van der Waals surface area (Å²) < 4.78 is 15.7. The van der Waals surface area contributed by atoms with E-state index in [4.69, 9.17) is 14.2 Å². The monoisotopic (exact) mass is 441 g/mol. The second-order valence-corrected chi connectivity index (χ2v) is 7.59. The van der Waals surface area contributed by atoms with Crippen LogP contribution in [0.2, 0.25) is 0 Å². The largest absolute Gasteiger partial charge is 0.508 e. The van der Waals surface area contributed by atoms with Gasteiger partial charge >= 0.3 is 5.97 Å². The van der Waals surface area contributed by atoms with Crippen molar-refractivity contribution < 1.29 is 29.2 Å². The standard InChI is InChI=1S/C23H23NO6S/c1-5-30-23(27)20-21(26)19(11-14-6-8-16(25)13(2)10-14)31-22(20)24-15-7-9-17(28-3)18(12-15)29-4/h6-12,25-26H,5H2,1-4H3. The Morgan fingerprint density at radius 1 is 1.10 bits per heavy atom. The zero-order chi connectivity index (χ0) is 22.5. The van der Waals surface area contributed by atoms with E-state index in [9.17, 15) is 15.0 Å². The number of aliphatic hydroxyl groups is 1. The number of aromatic hydroxyl groups is 1. The number of ether oxygens (including phenoxy) is 3. The van der Waals surface area contributed by atoms with Crippen molar-refractivity contribution in [2.75, 3.05) is 20.8 Å². The first-order chi connectivity index (χ1) is 14.9. The van der Waals surface area contributed by atoms with Gasteiger partial charge in [-0.25, -0.2) is 9.79 Å². The molecule has 1 aliphatic heterocycles. The average molecular weight is 442 g/mol. The number of esters is 1. The van der Waals surface area contributed by atoms with Crippen LogP contribution in [0.1, 0.15) is 18.1 Å². The van der Waals surface area contributed by atoms with Gasteiger partial charge in [0.05, 0.1) is 31.4 Å². The summed E-state index contributed by atoms with van der Waals surface area (Å²) in [5.74, 6) is 0.376. The van der Waals surface area contributed by atoms with Crippen molar-refractivity contribution in [1.82, 2.24) is 0 Å². The number of carbonyl (C=O) groups excluding carboxylic acids is 1. The first kappa shape index (κ1) is 22.3. The van der Waals surface area contributed by atoms with E-state index < -0.39 is 5.97 Å². The molecule has 0 aromatic heterocycles. The molecule has 2 N–H and O–H groups in total. The lowest BCUT2D eigenvalue weighted by atomic mass is 10.1. The SMILES string of the molecule is CCOC(=O)C1=C(O)C(=Cc2ccc(O)c(C)c2)SC1=Nc1ccc(OC)c(OC)c1. The van der Waals surface area contributed by atoms with E-state index in [1.54, 1.807) is 56.3 Å². The molecule has 7 nitrogen and oxygen atoms in total. The Labute approximate surface area is 184 Å². The molecule has 0 saturated heterocycles. The summed E-state index contributed by atoms with van der Waals surface area (Å²) in [4.78, 5) is 17.5. The molecule has 0 fully saturated rings. The van der Waals surface area contributed by atoms with E-state index in [0.29, 0.717) is 32.7 Å². The average Bonchev–Trinajstić information content (AvgIpc) is 3.05. The third-order valence-corrected chi connectivity index (χ3v) is 5.51. The molecule has 0 saturated carbocycles. The van der Waals surface area contributed by atoms with Gasteiger partial charge in [0.1, 0.15) is 22.1 Å². The van der Waals surface area contributed by atoms with Crippen LogP contribution in [0, 0.1) is 6.92 Å². The van der Waals surface area contributed by atoms with Crippen LogP contribution in [0.4, 0.5) is 5.69 Å². The number of aryl methyl sites for hydroxylation is 1. The number of phenolic OH excluding ortho intramolecular Hbond substituents is 1. The number of phenols is 1. The van der Waals surface area contributed by atoms with Crippen LogP contribution in [-0.2, 0) is 9.53 Å². The van der Waals surface area contributed by atoms with Crippen molar-refractivity contribution >= 4 is 34.5 Å². The summed E-state index contributed by atoms with van der Waals surface area (Å²) in [7, 11) is 3.06. The quantitative estimate of drug-likeness (QED) is 0.615. The molecule has 3 rings (SSSR count). The number of methoxy groups -OCH3 is 2. The topological polar surface area (TPSA) is 97.6 Å². The van der Waals surface area contributed by atoms with Gasteiger partial charge in [-0.3, -0.25) is 0 Å². The summed E-state index contributed by atoms with van der Waals surface area (Å²) in [6.45, 7) is 3.64. The Morgan fingerprint density at radius 2 is 1.84 bits per heavy atom. The maximum atomic E-state index is 12.5. The molecule has 2 aromatic rings. The van der Waals surface area contributed by atoms with Gasteiger partial charge in [-0.1, -0.05) is 17.8 Å². The van der Waals surface area contributed by atoms with Crippen LogP contribution in [-0.4, -0.2) is 42.1 Å². The first-order valence-corrected chi connectivity index (χ1v) is 10.3. The number of hydrogen-bond acceptors (Lipinski definition) is 8. The van der Waals surface area contributed by atoms with Gasteiger partial charge in [-0.15, -0.1) is 0 Å². The van der Waals surface area contributed by atoms with Crippen molar-refractivity contribution in [3.63, 3.8) is 0 Å². The van der Waals surface area contributed by atoms with E-state index in [0.717, 1.165) is 17.3 Å². The maximum absolute atomic E-state index is 12.5. The zero-order valence-electron chi connectivity index (χ0n) is 17.6. The van der Waals surface area contributed by atoms with Crippen molar-refractivity contribution in [2.24, 2.45) is 4.99 Å². The van der Waals surface area contributed by atoms with E-state index in [1.165, 1.54) is 14.2 Å². The van der Waals surface area contributed by atoms with Gasteiger partial charge in [0.25, 0.3) is 0 Å². The zero-order valence-corrected chi connectivity index (χ0v) is 18.4. The molecule has 0 radical (unpaired) electrons. The number of benzene rings is 2. The third kappa shape index (κ3) is 4.86. The molecule has 31 heavy (non-hydrogen) atoms. The predicted octanol–water partition coefficient (Wildman–Crippen LogP) is 4.91. The van der Waals surface area contributed by atoms with Crippen LogP contribution < -0.4 is 9.47 Å². The maximum Gasteiger partial charge on any atom is 0.344 e. The highest BCUT2D eigenvalue weighted by Crippen LogP contribution is 2.41. The van der Waals surface area contributed by atoms with Crippen LogP contribution in [0.15, 0.2) is 57.6 Å². The summed E-state index contributed by atoms with van der Waals surface area (Å²) in [5.41, 5.74) is 1.99. The van der Waals surface area contributed by atoms with Crippen LogP contribution in [0.25, 0.3) is 6.08 Å². The first-order valence-electron chi connectivity index (χ1n) is 9.48. The number of aliphatic hydroxyl groups excluding tert-OH is 1. The van der Waals surface area contributed by atoms with Crippen LogP contribution >= 0.6 is 11.8 Å². The number of hydrogen-bond donors (Lipinski definition) is 2. The molecular weight excluding hydrogens is 418 g/mol. The Morgan fingerprint density at radius 3 is 2.48 bits per heavy atom. The lowest BCUT2D eigenvalue weighted by Gasteiger charge is -2.08. The number of nitrogens with zero attached hydrogens (tertiary/aromatic N) is 1. The summed E-state index contributed by atoms with van der Waals surface area (Å²) >= 11 is 1.16. The van der Waals surface area contributed by atoms with E-state index >= 15 is 0 Å². The summed E-state index contributed by atoms with van der Waals surface area (Å²) in [6.07, 6.45) is 1.72. The third-order valence-electron chi connectivity index (χ3n) is 4.49. The van der Waals surface area contributed by atoms with Gasteiger partial charge < -0.3 is 24.4 Å². The molecule has 162 valence electrons. The number of aliphatic imine (C=N–C) groups is 1. The Hall–Kier alpha value is -3.39. The molecule has 0 bridgehead atoms. The van der Waals surface area contributed by atoms with Crippen LogP contribution in [0.3, 0.4) is 0 Å². The molecule has 8 heteroatoms. The molecule has 1 aliphatic rings. The molecule has 2 aromatic carbocycles. The summed E-state index contributed by atoms with van der Waals surface area (Å²) in [6, 6.07) is 10.2. The van der Waals surface area contributed by atoms with E-state index in [2.05, 4.69) is 4.99 Å². The fraction of sp³-hybridized carbons (Fsp3) is 0.217. The Balaban J connectivity index is 2.05. The van der Waals surface area contributed by atoms with Crippen LogP contribution in [0.5, 0.6) is 17.2 Å². The molecule has 0 unspecified atom stereocenters. The van der Waals surface area contributed by atoms with E-state index in [-0.39, 0.29) is 23.7 Å². The minimum Gasteiger partial charge on any atom is -0.508 e. The van der Waals surface area contributed by atoms with Gasteiger partial charge in [-0.05, 0) is 55.3 Å². The summed E-state index contributed by atoms with van der Waals surface area (Å²) in [5, 5.41) is 20.8. The molecule has 1 heterocycles. The molecule has 0 aliphatic carbocycles. The second kappa shape index (κ2) is 9.61. The van der Waals surface area contributed by atoms with Gasteiger partial charge in [0.15, 0.2) is 11.5 Å². The highest BCUT2D eigenvalue weighted by atomic mass is 32.2. The number of carbonyl (C=O) groups is 1. The van der Waals surface area contributed by atoms with E-state index in [1.807, 2.05) is 0 Å². The fourth-order valence-corrected chi connectivity index (χ4v) is 3.96. The highest BCUT2D eigenvalue weighted by molar-refractivity contribution is 8.18. The second-order valence-electron chi connectivity index (χ2n) is 6.56. The lowest BCUT2D eigenvalue weighted by Crippen LogP contribution is -2.12. The molecular formula is C23H23NO6S. The van der Waals surface area contributed by atoms with Crippen molar-refractivity contribution in [1.29, 1.82) is 0 Å². The van der Waals surface area contributed by atoms with Crippen molar-refractivity contribution in [3.8, 4) is 17.2 Å². The fourth-order valence-electron chi connectivity index (χ4n) is 2.92. The number of rotatable bonds is 6.